The van der Waals surface area contributed by atoms with Gasteiger partial charge < -0.3 is 21.5 Å². The predicted molar refractivity (Wildman–Crippen MR) is 99.9 cm³/mol. The van der Waals surface area contributed by atoms with E-state index in [4.69, 9.17) is 10.8 Å². The van der Waals surface area contributed by atoms with Gasteiger partial charge in [0, 0.05) is 22.6 Å². The SMILES string of the molecule is NC(=O)c1ccc(NC(=O)C[C@@H]2Sc3cc(C(=O)O)ccc3NC2=O)cc1. The Morgan fingerprint density at radius 1 is 1.11 bits per heavy atom. The molecule has 1 aliphatic rings. The fourth-order valence-corrected chi connectivity index (χ4v) is 3.66. The predicted octanol–water partition coefficient (Wildman–Crippen LogP) is 1.93. The summed E-state index contributed by atoms with van der Waals surface area (Å²) in [7, 11) is 0. The third-order valence-corrected chi connectivity index (χ3v) is 5.13. The number of carbonyl (C=O) groups is 4. The maximum absolute atomic E-state index is 12.2. The van der Waals surface area contributed by atoms with Crippen molar-refractivity contribution in [3.63, 3.8) is 0 Å². The molecule has 0 saturated carbocycles. The average Bonchev–Trinajstić information content (AvgIpc) is 2.62. The minimum Gasteiger partial charge on any atom is -0.478 e. The van der Waals surface area contributed by atoms with E-state index in [0.29, 0.717) is 21.8 Å². The highest BCUT2D eigenvalue weighted by Crippen LogP contribution is 2.37. The van der Waals surface area contributed by atoms with Gasteiger partial charge in [-0.2, -0.15) is 0 Å². The van der Waals surface area contributed by atoms with Crippen LogP contribution in [0.1, 0.15) is 27.1 Å². The molecule has 0 aromatic heterocycles. The number of nitrogens with one attached hydrogen (secondary N) is 2. The molecule has 138 valence electrons. The van der Waals surface area contributed by atoms with Crippen LogP contribution in [0.15, 0.2) is 47.4 Å². The molecule has 1 atom stereocenters. The monoisotopic (exact) mass is 385 g/mol. The number of aromatic carboxylic acids is 1. The first kappa shape index (κ1) is 18.5. The van der Waals surface area contributed by atoms with Gasteiger partial charge in [-0.25, -0.2) is 4.79 Å². The molecule has 0 unspecified atom stereocenters. The molecule has 0 bridgehead atoms. The summed E-state index contributed by atoms with van der Waals surface area (Å²) >= 11 is 1.14. The Labute approximate surface area is 158 Å². The molecule has 1 aliphatic heterocycles. The molecule has 27 heavy (non-hydrogen) atoms. The minimum atomic E-state index is -1.07. The number of benzene rings is 2. The number of hydrogen-bond donors (Lipinski definition) is 4. The lowest BCUT2D eigenvalue weighted by Gasteiger charge is -2.24. The third kappa shape index (κ3) is 4.26. The van der Waals surface area contributed by atoms with Gasteiger partial charge in [-0.15, -0.1) is 11.8 Å². The number of rotatable bonds is 5. The van der Waals surface area contributed by atoms with Crippen molar-refractivity contribution in [3.05, 3.63) is 53.6 Å². The summed E-state index contributed by atoms with van der Waals surface area (Å²) in [6.45, 7) is 0. The van der Waals surface area contributed by atoms with Crippen molar-refractivity contribution in [2.45, 2.75) is 16.6 Å². The Bertz CT molecular complexity index is 943. The zero-order chi connectivity index (χ0) is 19.6. The van der Waals surface area contributed by atoms with Crippen molar-refractivity contribution in [1.82, 2.24) is 0 Å². The van der Waals surface area contributed by atoms with E-state index in [-0.39, 0.29) is 23.8 Å². The van der Waals surface area contributed by atoms with E-state index in [1.54, 1.807) is 12.1 Å². The maximum Gasteiger partial charge on any atom is 0.335 e. The molecule has 0 saturated heterocycles. The maximum atomic E-state index is 12.2. The topological polar surface area (TPSA) is 139 Å². The van der Waals surface area contributed by atoms with Crippen molar-refractivity contribution < 1.29 is 24.3 Å². The molecule has 5 N–H and O–H groups in total. The van der Waals surface area contributed by atoms with Gasteiger partial charge >= 0.3 is 5.97 Å². The van der Waals surface area contributed by atoms with Gasteiger partial charge in [0.1, 0.15) is 0 Å². The minimum absolute atomic E-state index is 0.0925. The highest BCUT2D eigenvalue weighted by atomic mass is 32.2. The lowest BCUT2D eigenvalue weighted by atomic mass is 10.2. The van der Waals surface area contributed by atoms with E-state index < -0.39 is 17.1 Å². The Hall–Kier alpha value is -3.33. The highest BCUT2D eigenvalue weighted by molar-refractivity contribution is 8.01. The summed E-state index contributed by atoms with van der Waals surface area (Å²) in [5, 5.41) is 13.7. The fourth-order valence-electron chi connectivity index (χ4n) is 2.51. The van der Waals surface area contributed by atoms with Crippen LogP contribution < -0.4 is 16.4 Å². The molecule has 9 heteroatoms. The van der Waals surface area contributed by atoms with Crippen LogP contribution in [-0.2, 0) is 9.59 Å². The molecule has 0 aliphatic carbocycles. The Morgan fingerprint density at radius 2 is 1.78 bits per heavy atom. The van der Waals surface area contributed by atoms with Crippen molar-refractivity contribution in [2.24, 2.45) is 5.73 Å². The number of carboxylic acid groups (broad SMARTS) is 1. The van der Waals surface area contributed by atoms with Crippen molar-refractivity contribution >= 4 is 46.8 Å². The van der Waals surface area contributed by atoms with Gasteiger partial charge in [-0.05, 0) is 42.5 Å². The molecule has 2 aromatic rings. The van der Waals surface area contributed by atoms with Crippen LogP contribution in [0.2, 0.25) is 0 Å². The summed E-state index contributed by atoms with van der Waals surface area (Å²) < 4.78 is 0. The summed E-state index contributed by atoms with van der Waals surface area (Å²) in [6, 6.07) is 10.5. The largest absolute Gasteiger partial charge is 0.478 e. The normalized spacial score (nSPS) is 15.4. The summed E-state index contributed by atoms with van der Waals surface area (Å²) in [5.41, 5.74) is 6.58. The van der Waals surface area contributed by atoms with Crippen LogP contribution in [0.25, 0.3) is 0 Å². The second kappa shape index (κ2) is 7.50. The zero-order valence-electron chi connectivity index (χ0n) is 13.9. The second-order valence-corrected chi connectivity index (χ2v) is 7.05. The number of thioether (sulfide) groups is 1. The molecular weight excluding hydrogens is 370 g/mol. The lowest BCUT2D eigenvalue weighted by molar-refractivity contribution is -0.120. The molecular formula is C18H15N3O5S. The highest BCUT2D eigenvalue weighted by Gasteiger charge is 2.29. The molecule has 2 aromatic carbocycles. The van der Waals surface area contributed by atoms with Crippen LogP contribution in [0, 0.1) is 0 Å². The van der Waals surface area contributed by atoms with E-state index in [1.807, 2.05) is 0 Å². The van der Waals surface area contributed by atoms with E-state index in [0.717, 1.165) is 11.8 Å². The quantitative estimate of drug-likeness (QED) is 0.620. The Kier molecular flexibility index (Phi) is 5.13. The van der Waals surface area contributed by atoms with Crippen LogP contribution in [-0.4, -0.2) is 34.0 Å². The summed E-state index contributed by atoms with van der Waals surface area (Å²) in [6.07, 6.45) is -0.0925. The number of anilines is 2. The first-order valence-electron chi connectivity index (χ1n) is 7.88. The van der Waals surface area contributed by atoms with Crippen molar-refractivity contribution in [3.8, 4) is 0 Å². The van der Waals surface area contributed by atoms with Crippen molar-refractivity contribution in [1.29, 1.82) is 0 Å². The van der Waals surface area contributed by atoms with Gasteiger partial charge in [0.2, 0.25) is 17.7 Å². The summed E-state index contributed by atoms with van der Waals surface area (Å²) in [4.78, 5) is 47.2. The number of hydrogen-bond acceptors (Lipinski definition) is 5. The molecule has 8 nitrogen and oxygen atoms in total. The average molecular weight is 385 g/mol. The first-order valence-corrected chi connectivity index (χ1v) is 8.76. The number of carbonyl (C=O) groups excluding carboxylic acids is 3. The summed E-state index contributed by atoms with van der Waals surface area (Å²) in [5.74, 6) is -2.34. The number of amides is 3. The zero-order valence-corrected chi connectivity index (χ0v) is 14.7. The van der Waals surface area contributed by atoms with Crippen molar-refractivity contribution in [2.75, 3.05) is 10.6 Å². The van der Waals surface area contributed by atoms with Gasteiger partial charge in [0.05, 0.1) is 16.5 Å². The number of primary amides is 1. The molecule has 3 amide bonds. The lowest BCUT2D eigenvalue weighted by Crippen LogP contribution is -2.32. The van der Waals surface area contributed by atoms with Gasteiger partial charge in [0.25, 0.3) is 0 Å². The molecule has 0 fully saturated rings. The fraction of sp³-hybridized carbons (Fsp3) is 0.111. The van der Waals surface area contributed by atoms with Gasteiger partial charge in [-0.3, -0.25) is 14.4 Å². The standard InChI is InChI=1S/C18H15N3O5S/c19-16(23)9-1-4-11(5-2-9)20-15(22)8-14-17(24)21-12-6-3-10(18(25)26)7-13(12)27-14/h1-7,14H,8H2,(H2,19,23)(H,20,22)(H,21,24)(H,25,26)/t14-/m0/s1. The van der Waals surface area contributed by atoms with E-state index >= 15 is 0 Å². The third-order valence-electron chi connectivity index (χ3n) is 3.87. The molecule has 0 radical (unpaired) electrons. The Balaban J connectivity index is 1.67. The first-order chi connectivity index (χ1) is 12.8. The van der Waals surface area contributed by atoms with Crippen LogP contribution in [0.5, 0.6) is 0 Å². The number of carboxylic acids is 1. The van der Waals surface area contributed by atoms with Gasteiger partial charge in [0.15, 0.2) is 0 Å². The molecule has 3 rings (SSSR count). The van der Waals surface area contributed by atoms with E-state index in [2.05, 4.69) is 10.6 Å². The second-order valence-electron chi connectivity index (χ2n) is 5.81. The van der Waals surface area contributed by atoms with Gasteiger partial charge in [-0.1, -0.05) is 0 Å². The number of fused-ring (bicyclic) bond motifs is 1. The van der Waals surface area contributed by atoms with Crippen LogP contribution in [0.4, 0.5) is 11.4 Å². The van der Waals surface area contributed by atoms with E-state index in [1.165, 1.54) is 30.3 Å². The molecule has 0 spiro atoms. The number of nitrogens with two attached hydrogens (primary N) is 1. The smallest absolute Gasteiger partial charge is 0.335 e. The molecule has 1 heterocycles. The van der Waals surface area contributed by atoms with E-state index in [9.17, 15) is 19.2 Å². The van der Waals surface area contributed by atoms with Crippen LogP contribution in [0.3, 0.4) is 0 Å². The van der Waals surface area contributed by atoms with Crippen LogP contribution >= 0.6 is 11.8 Å². The Morgan fingerprint density at radius 3 is 2.41 bits per heavy atom.